The van der Waals surface area contributed by atoms with Gasteiger partial charge in [-0.15, -0.1) is 0 Å². The summed E-state index contributed by atoms with van der Waals surface area (Å²) in [6, 6.07) is 1.78. The smallest absolute Gasteiger partial charge is 0.0834 e. The molecule has 0 aliphatic rings. The third-order valence-electron chi connectivity index (χ3n) is 2.97. The summed E-state index contributed by atoms with van der Waals surface area (Å²) in [5, 5.41) is 11.8. The van der Waals surface area contributed by atoms with Crippen LogP contribution in [0.15, 0.2) is 24.7 Å². The van der Waals surface area contributed by atoms with Gasteiger partial charge >= 0.3 is 0 Å². The van der Waals surface area contributed by atoms with Crippen LogP contribution in [0.1, 0.15) is 6.92 Å². The van der Waals surface area contributed by atoms with Crippen LogP contribution in [0.4, 0.5) is 5.69 Å². The number of nitrogens with one attached hydrogen (secondary N) is 3. The number of anilines is 1. The number of nitrogens with zero attached hydrogens (tertiary/aromatic N) is 1. The molecule has 0 spiro atoms. The quantitative estimate of drug-likeness (QED) is 0.602. The van der Waals surface area contributed by atoms with Crippen LogP contribution in [0, 0.1) is 0 Å². The van der Waals surface area contributed by atoms with Gasteiger partial charge in [0.1, 0.15) is 0 Å². The maximum absolute atomic E-state index is 6.26. The topological polar surface area (TPSA) is 56.5 Å². The number of H-pyrrole nitrogens is 2. The van der Waals surface area contributed by atoms with Crippen LogP contribution in [0.2, 0.25) is 10.0 Å². The van der Waals surface area contributed by atoms with E-state index in [4.69, 9.17) is 35.4 Å². The molecule has 3 aromatic rings. The van der Waals surface area contributed by atoms with Gasteiger partial charge in [-0.3, -0.25) is 5.10 Å². The molecule has 2 heterocycles. The molecule has 0 aliphatic heterocycles. The molecule has 7 heteroatoms. The number of fused-ring (bicyclic) bond motifs is 1. The molecule has 20 heavy (non-hydrogen) atoms. The molecule has 2 aromatic heterocycles. The maximum Gasteiger partial charge on any atom is 0.0834 e. The van der Waals surface area contributed by atoms with Crippen molar-refractivity contribution in [2.75, 3.05) is 5.32 Å². The standard InChI is InChI=1S/C13H10Cl2N4S/c1-6(20)19-10-2-9(14)12(15)13-11(10)8(5-16-13)7-3-17-18-4-7/h2-5,16H,1H3,(H,17,18)(H,19,20). The molecular formula is C13H10Cl2N4S. The van der Waals surface area contributed by atoms with Crippen molar-refractivity contribution in [2.45, 2.75) is 6.92 Å². The molecule has 0 bridgehead atoms. The fraction of sp³-hybridized carbons (Fsp3) is 0.0769. The van der Waals surface area contributed by atoms with Gasteiger partial charge in [-0.1, -0.05) is 35.4 Å². The highest BCUT2D eigenvalue weighted by molar-refractivity contribution is 7.80. The van der Waals surface area contributed by atoms with Crippen molar-refractivity contribution >= 4 is 57.0 Å². The third-order valence-corrected chi connectivity index (χ3v) is 3.86. The average Bonchev–Trinajstić information content (AvgIpc) is 3.03. The summed E-state index contributed by atoms with van der Waals surface area (Å²) in [5.74, 6) is 0. The van der Waals surface area contributed by atoms with E-state index in [-0.39, 0.29) is 0 Å². The number of benzene rings is 1. The Morgan fingerprint density at radius 1 is 1.35 bits per heavy atom. The predicted octanol–water partition coefficient (Wildman–Crippen LogP) is 4.62. The summed E-state index contributed by atoms with van der Waals surface area (Å²) in [6.45, 7) is 1.81. The lowest BCUT2D eigenvalue weighted by Crippen LogP contribution is -2.04. The van der Waals surface area contributed by atoms with Crippen LogP contribution < -0.4 is 5.32 Å². The molecule has 0 saturated carbocycles. The van der Waals surface area contributed by atoms with Crippen LogP contribution in [-0.2, 0) is 0 Å². The highest BCUT2D eigenvalue weighted by Gasteiger charge is 2.16. The molecule has 0 amide bonds. The molecule has 3 N–H and O–H groups in total. The van der Waals surface area contributed by atoms with E-state index in [1.54, 1.807) is 12.3 Å². The van der Waals surface area contributed by atoms with Gasteiger partial charge < -0.3 is 10.3 Å². The molecule has 0 aliphatic carbocycles. The Morgan fingerprint density at radius 2 is 2.15 bits per heavy atom. The van der Waals surface area contributed by atoms with Crippen LogP contribution >= 0.6 is 35.4 Å². The summed E-state index contributed by atoms with van der Waals surface area (Å²) >= 11 is 17.5. The first-order valence-electron chi connectivity index (χ1n) is 5.83. The van der Waals surface area contributed by atoms with E-state index < -0.39 is 0 Å². The van der Waals surface area contributed by atoms with Crippen molar-refractivity contribution in [3.8, 4) is 11.1 Å². The van der Waals surface area contributed by atoms with Gasteiger partial charge in [0.25, 0.3) is 0 Å². The first-order valence-corrected chi connectivity index (χ1v) is 7.00. The number of halogens is 2. The second-order valence-corrected chi connectivity index (χ2v) is 5.74. The molecule has 0 atom stereocenters. The largest absolute Gasteiger partial charge is 0.359 e. The predicted molar refractivity (Wildman–Crippen MR) is 87.8 cm³/mol. The minimum atomic E-state index is 0.471. The van der Waals surface area contributed by atoms with E-state index in [0.717, 1.165) is 27.7 Å². The molecule has 4 nitrogen and oxygen atoms in total. The molecule has 102 valence electrons. The SMILES string of the molecule is CC(=S)Nc1cc(Cl)c(Cl)c2[nH]cc(-c3cn[nH]c3)c12. The van der Waals surface area contributed by atoms with E-state index in [0.29, 0.717) is 15.0 Å². The van der Waals surface area contributed by atoms with E-state index in [2.05, 4.69) is 20.5 Å². The van der Waals surface area contributed by atoms with E-state index in [1.807, 2.05) is 19.3 Å². The minimum absolute atomic E-state index is 0.471. The number of hydrogen-bond acceptors (Lipinski definition) is 2. The number of aromatic amines is 2. The van der Waals surface area contributed by atoms with Crippen molar-refractivity contribution in [1.29, 1.82) is 0 Å². The van der Waals surface area contributed by atoms with Gasteiger partial charge in [-0.05, 0) is 13.0 Å². The Labute approximate surface area is 130 Å². The second-order valence-electron chi connectivity index (χ2n) is 4.34. The number of rotatable bonds is 2. The molecule has 0 fully saturated rings. The summed E-state index contributed by atoms with van der Waals surface area (Å²) in [6.07, 6.45) is 5.44. The average molecular weight is 325 g/mol. The first-order chi connectivity index (χ1) is 9.58. The summed E-state index contributed by atoms with van der Waals surface area (Å²) in [4.78, 5) is 3.81. The Balaban J connectivity index is 2.33. The minimum Gasteiger partial charge on any atom is -0.359 e. The Hall–Kier alpha value is -1.56. The van der Waals surface area contributed by atoms with Crippen molar-refractivity contribution in [2.24, 2.45) is 0 Å². The lowest BCUT2D eigenvalue weighted by molar-refractivity contribution is 1.09. The van der Waals surface area contributed by atoms with Gasteiger partial charge in [0.2, 0.25) is 0 Å². The normalized spacial score (nSPS) is 10.9. The van der Waals surface area contributed by atoms with Gasteiger partial charge in [-0.25, -0.2) is 0 Å². The first kappa shape index (κ1) is 13.4. The van der Waals surface area contributed by atoms with E-state index in [1.165, 1.54) is 0 Å². The van der Waals surface area contributed by atoms with Crippen molar-refractivity contribution in [1.82, 2.24) is 15.2 Å². The molecule has 0 radical (unpaired) electrons. The lowest BCUT2D eigenvalue weighted by atomic mass is 10.1. The number of thiocarbonyl (C=S) groups is 1. The van der Waals surface area contributed by atoms with Gasteiger partial charge in [-0.2, -0.15) is 5.10 Å². The van der Waals surface area contributed by atoms with Gasteiger partial charge in [0.15, 0.2) is 0 Å². The Morgan fingerprint density at radius 3 is 2.80 bits per heavy atom. The summed E-state index contributed by atoms with van der Waals surface area (Å²) in [5.41, 5.74) is 3.53. The fourth-order valence-electron chi connectivity index (χ4n) is 2.17. The van der Waals surface area contributed by atoms with Crippen molar-refractivity contribution in [3.63, 3.8) is 0 Å². The zero-order chi connectivity index (χ0) is 14.3. The van der Waals surface area contributed by atoms with Gasteiger partial charge in [0.05, 0.1) is 32.4 Å². The zero-order valence-electron chi connectivity index (χ0n) is 10.4. The number of aromatic nitrogens is 3. The highest BCUT2D eigenvalue weighted by Crippen LogP contribution is 2.40. The second kappa shape index (κ2) is 5.09. The zero-order valence-corrected chi connectivity index (χ0v) is 12.7. The van der Waals surface area contributed by atoms with E-state index >= 15 is 0 Å². The van der Waals surface area contributed by atoms with Crippen molar-refractivity contribution in [3.05, 3.63) is 34.7 Å². The Kier molecular flexibility index (Phi) is 3.41. The molecular weight excluding hydrogens is 315 g/mol. The van der Waals surface area contributed by atoms with Crippen LogP contribution in [0.25, 0.3) is 22.0 Å². The Bertz CT molecular complexity index is 792. The van der Waals surface area contributed by atoms with Crippen LogP contribution in [0.5, 0.6) is 0 Å². The van der Waals surface area contributed by atoms with Crippen molar-refractivity contribution < 1.29 is 0 Å². The number of hydrogen-bond donors (Lipinski definition) is 3. The summed E-state index contributed by atoms with van der Waals surface area (Å²) in [7, 11) is 0. The van der Waals surface area contributed by atoms with Gasteiger partial charge in [0, 0.05) is 28.9 Å². The van der Waals surface area contributed by atoms with Crippen LogP contribution in [-0.4, -0.2) is 20.2 Å². The molecule has 3 rings (SSSR count). The highest BCUT2D eigenvalue weighted by atomic mass is 35.5. The molecule has 1 aromatic carbocycles. The monoisotopic (exact) mass is 324 g/mol. The molecule has 0 saturated heterocycles. The van der Waals surface area contributed by atoms with E-state index in [9.17, 15) is 0 Å². The fourth-order valence-corrected chi connectivity index (χ4v) is 2.69. The molecule has 0 unspecified atom stereocenters. The third kappa shape index (κ3) is 2.18. The lowest BCUT2D eigenvalue weighted by Gasteiger charge is -2.10. The summed E-state index contributed by atoms with van der Waals surface area (Å²) < 4.78 is 0. The van der Waals surface area contributed by atoms with Crippen LogP contribution in [0.3, 0.4) is 0 Å². The maximum atomic E-state index is 6.26.